The third kappa shape index (κ3) is 8.28. The van der Waals surface area contributed by atoms with E-state index in [4.69, 9.17) is 27.9 Å². The zero-order valence-corrected chi connectivity index (χ0v) is 32.0. The van der Waals surface area contributed by atoms with Gasteiger partial charge in [-0.05, 0) is 55.9 Å². The third-order valence-electron chi connectivity index (χ3n) is 10.7. The molecule has 6 rings (SSSR count). The van der Waals surface area contributed by atoms with E-state index < -0.39 is 16.2 Å². The van der Waals surface area contributed by atoms with Gasteiger partial charge in [0.05, 0.1) is 47.4 Å². The fourth-order valence-electron chi connectivity index (χ4n) is 7.67. The lowest BCUT2D eigenvalue weighted by molar-refractivity contribution is -0.144. The Morgan fingerprint density at radius 2 is 1.69 bits per heavy atom. The van der Waals surface area contributed by atoms with Crippen LogP contribution in [0.5, 0.6) is 0 Å². The number of piperazine rings is 1. The highest BCUT2D eigenvalue weighted by atomic mass is 35.5. The van der Waals surface area contributed by atoms with E-state index >= 15 is 0 Å². The average molecular weight is 778 g/mol. The molecule has 16 heteroatoms. The normalized spacial score (nSPS) is 23.4. The van der Waals surface area contributed by atoms with Crippen molar-refractivity contribution in [2.75, 3.05) is 58.7 Å². The van der Waals surface area contributed by atoms with E-state index in [0.29, 0.717) is 93.3 Å². The molecule has 1 aliphatic carbocycles. The second kappa shape index (κ2) is 16.0. The van der Waals surface area contributed by atoms with Crippen LogP contribution in [0, 0.1) is 5.92 Å². The van der Waals surface area contributed by atoms with Crippen molar-refractivity contribution < 1.29 is 32.6 Å². The van der Waals surface area contributed by atoms with E-state index in [0.717, 1.165) is 10.9 Å². The maximum absolute atomic E-state index is 14.0. The predicted molar refractivity (Wildman–Crippen MR) is 200 cm³/mol. The Kier molecular flexibility index (Phi) is 11.8. The second-order valence-corrected chi connectivity index (χ2v) is 17.1. The molecule has 3 heterocycles. The Morgan fingerprint density at radius 3 is 2.37 bits per heavy atom. The first-order chi connectivity index (χ1) is 24.7. The van der Waals surface area contributed by atoms with Gasteiger partial charge >= 0.3 is 5.97 Å². The number of benzene rings is 2. The molecule has 2 atom stereocenters. The molecule has 2 aromatic carbocycles. The number of rotatable bonds is 11. The van der Waals surface area contributed by atoms with Gasteiger partial charge in [0.15, 0.2) is 0 Å². The summed E-state index contributed by atoms with van der Waals surface area (Å²) in [5, 5.41) is 13.6. The van der Waals surface area contributed by atoms with Crippen LogP contribution in [-0.2, 0) is 38.0 Å². The van der Waals surface area contributed by atoms with Gasteiger partial charge in [0.1, 0.15) is 0 Å². The molecule has 0 spiro atoms. The number of nitrogens with one attached hydrogen (secondary N) is 1. The van der Waals surface area contributed by atoms with Crippen molar-refractivity contribution in [2.24, 2.45) is 13.0 Å². The van der Waals surface area contributed by atoms with Gasteiger partial charge in [-0.15, -0.1) is 0 Å². The number of nitrogens with zero attached hydrogens (tertiary/aromatic N) is 5. The molecule has 13 nitrogen and oxygen atoms in total. The van der Waals surface area contributed by atoms with E-state index in [9.17, 15) is 27.9 Å². The first kappa shape index (κ1) is 38.5. The molecule has 2 amide bonds. The van der Waals surface area contributed by atoms with Gasteiger partial charge in [-0.25, -0.2) is 0 Å². The molecular formula is C36H46Cl2N6O7S. The summed E-state index contributed by atoms with van der Waals surface area (Å²) < 4.78 is 36.3. The van der Waals surface area contributed by atoms with Gasteiger partial charge < -0.3 is 24.6 Å². The van der Waals surface area contributed by atoms with E-state index in [-0.39, 0.29) is 47.4 Å². The zero-order chi connectivity index (χ0) is 37.3. The number of para-hydroxylation sites is 1. The average Bonchev–Trinajstić information content (AvgIpc) is 3.71. The number of carbonyl (C=O) groups excluding carboxylic acids is 2. The van der Waals surface area contributed by atoms with Crippen LogP contribution in [0.3, 0.4) is 0 Å². The summed E-state index contributed by atoms with van der Waals surface area (Å²) >= 11 is 13.4. The molecular weight excluding hydrogens is 731 g/mol. The van der Waals surface area contributed by atoms with E-state index in [1.807, 2.05) is 40.8 Å². The van der Waals surface area contributed by atoms with Crippen molar-refractivity contribution >= 4 is 67.8 Å². The number of aromatic nitrogens is 1. The van der Waals surface area contributed by atoms with Crippen LogP contribution in [0.15, 0.2) is 42.6 Å². The summed E-state index contributed by atoms with van der Waals surface area (Å²) in [6, 6.07) is 10.6. The number of fused-ring (bicyclic) bond motifs is 1. The maximum Gasteiger partial charge on any atom is 0.306 e. The highest BCUT2D eigenvalue weighted by Crippen LogP contribution is 2.33. The standard InChI is InChI=1S/C36H46Cl2N6O7S/c1-40(2)52(49,50)43-14-12-42(13-15-43)25-18-26(22-51-27-10-8-23(9-11-27)36(47)48)44(20-25)34(45)17-24-16-31(38)32(19-30(24)37)39-35(46)29-21-41(3)33-7-5-4-6-28(29)33/h4-7,16,19,21,23,25-27H,8-15,17-18,20,22H2,1-3H3,(H,39,46)(H,47,48)/t23-,25-,26-,27-/m0/s1. The van der Waals surface area contributed by atoms with Gasteiger partial charge in [-0.2, -0.15) is 17.0 Å². The lowest BCUT2D eigenvalue weighted by atomic mass is 9.87. The summed E-state index contributed by atoms with van der Waals surface area (Å²) in [6.07, 6.45) is 4.76. The van der Waals surface area contributed by atoms with Crippen LogP contribution in [0.2, 0.25) is 10.0 Å². The molecule has 3 aromatic rings. The number of aliphatic carboxylic acids is 1. The summed E-state index contributed by atoms with van der Waals surface area (Å²) in [5.74, 6) is -1.60. The van der Waals surface area contributed by atoms with Gasteiger partial charge in [-0.3, -0.25) is 19.3 Å². The predicted octanol–water partition coefficient (Wildman–Crippen LogP) is 4.33. The summed E-state index contributed by atoms with van der Waals surface area (Å²) in [7, 11) is 1.41. The smallest absolute Gasteiger partial charge is 0.306 e. The number of aryl methyl sites for hydroxylation is 1. The van der Waals surface area contributed by atoms with Crippen molar-refractivity contribution in [2.45, 2.75) is 56.7 Å². The number of hydrogen-bond donors (Lipinski definition) is 2. The molecule has 2 N–H and O–H groups in total. The van der Waals surface area contributed by atoms with Crippen LogP contribution in [-0.4, -0.2) is 126 Å². The van der Waals surface area contributed by atoms with Crippen molar-refractivity contribution in [1.29, 1.82) is 0 Å². The number of hydrogen-bond acceptors (Lipinski definition) is 7. The van der Waals surface area contributed by atoms with Crippen molar-refractivity contribution in [3.63, 3.8) is 0 Å². The molecule has 2 saturated heterocycles. The molecule has 52 heavy (non-hydrogen) atoms. The Balaban J connectivity index is 1.14. The van der Waals surface area contributed by atoms with Gasteiger partial charge in [-0.1, -0.05) is 41.4 Å². The SMILES string of the molecule is CN(C)S(=O)(=O)N1CCN([C@H]2C[C@@H](CO[C@H]3CC[C@H](C(=O)O)CC3)N(C(=O)Cc3cc(Cl)c(NC(=O)c4cn(C)c5ccccc45)cc3Cl)C2)CC1. The number of halogens is 2. The van der Waals surface area contributed by atoms with Gasteiger partial charge in [0, 0.05) is 82.0 Å². The Bertz CT molecular complexity index is 1920. The minimum Gasteiger partial charge on any atom is -0.481 e. The number of anilines is 1. The molecule has 1 saturated carbocycles. The summed E-state index contributed by atoms with van der Waals surface area (Å²) in [6.45, 7) is 2.56. The second-order valence-electron chi connectivity index (χ2n) is 14.2. The van der Waals surface area contributed by atoms with Crippen molar-refractivity contribution in [1.82, 2.24) is 23.0 Å². The fraction of sp³-hybridized carbons (Fsp3) is 0.528. The monoisotopic (exact) mass is 776 g/mol. The Labute approximate surface area is 314 Å². The van der Waals surface area contributed by atoms with E-state index in [2.05, 4.69) is 10.2 Å². The van der Waals surface area contributed by atoms with Crippen LogP contribution in [0.25, 0.3) is 10.9 Å². The van der Waals surface area contributed by atoms with E-state index in [1.54, 1.807) is 18.3 Å². The van der Waals surface area contributed by atoms with Crippen molar-refractivity contribution in [3.05, 3.63) is 63.8 Å². The molecule has 0 unspecified atom stereocenters. The first-order valence-electron chi connectivity index (χ1n) is 17.6. The quantitative estimate of drug-likeness (QED) is 0.293. The number of likely N-dealkylation sites (tertiary alicyclic amines) is 1. The molecule has 3 fully saturated rings. The largest absolute Gasteiger partial charge is 0.481 e. The maximum atomic E-state index is 14.0. The Hall–Kier alpha value is -3.24. The molecule has 0 bridgehead atoms. The minimum absolute atomic E-state index is 0.00947. The molecule has 1 aromatic heterocycles. The zero-order valence-electron chi connectivity index (χ0n) is 29.6. The summed E-state index contributed by atoms with van der Waals surface area (Å²) in [5.41, 5.74) is 2.28. The van der Waals surface area contributed by atoms with Crippen LogP contribution < -0.4 is 5.32 Å². The molecule has 0 radical (unpaired) electrons. The third-order valence-corrected chi connectivity index (χ3v) is 13.3. The number of amides is 2. The minimum atomic E-state index is -3.52. The highest BCUT2D eigenvalue weighted by Gasteiger charge is 2.41. The topological polar surface area (TPSA) is 145 Å². The highest BCUT2D eigenvalue weighted by molar-refractivity contribution is 7.86. The molecule has 282 valence electrons. The van der Waals surface area contributed by atoms with Gasteiger partial charge in [0.2, 0.25) is 5.91 Å². The molecule has 3 aliphatic rings. The van der Waals surface area contributed by atoms with Crippen LogP contribution in [0.4, 0.5) is 5.69 Å². The number of carboxylic acid groups (broad SMARTS) is 1. The van der Waals surface area contributed by atoms with Crippen LogP contribution >= 0.6 is 23.2 Å². The fourth-order valence-corrected chi connectivity index (χ4v) is 9.22. The van der Waals surface area contributed by atoms with Crippen molar-refractivity contribution in [3.8, 4) is 0 Å². The number of carbonyl (C=O) groups is 3. The van der Waals surface area contributed by atoms with Crippen LogP contribution in [0.1, 0.15) is 48.0 Å². The first-order valence-corrected chi connectivity index (χ1v) is 19.8. The molecule has 2 aliphatic heterocycles. The number of ether oxygens (including phenoxy) is 1. The number of carboxylic acids is 1. The van der Waals surface area contributed by atoms with Gasteiger partial charge in [0.25, 0.3) is 16.1 Å². The lowest BCUT2D eigenvalue weighted by Crippen LogP contribution is -2.54. The van der Waals surface area contributed by atoms with E-state index in [1.165, 1.54) is 22.7 Å². The Morgan fingerprint density at radius 1 is 1.00 bits per heavy atom. The lowest BCUT2D eigenvalue weighted by Gasteiger charge is -2.38. The summed E-state index contributed by atoms with van der Waals surface area (Å²) in [4.78, 5) is 42.8.